The Balaban J connectivity index is 2.48. The summed E-state index contributed by atoms with van der Waals surface area (Å²) in [4.78, 5) is 0. The summed E-state index contributed by atoms with van der Waals surface area (Å²) < 4.78 is 0. The summed E-state index contributed by atoms with van der Waals surface area (Å²) in [6, 6.07) is 17.0. The van der Waals surface area contributed by atoms with Gasteiger partial charge in [0.15, 0.2) is 0 Å². The van der Waals surface area contributed by atoms with Crippen LogP contribution in [0.1, 0.15) is 5.56 Å². The summed E-state index contributed by atoms with van der Waals surface area (Å²) in [7, 11) is 0. The second-order valence-electron chi connectivity index (χ2n) is 3.04. The van der Waals surface area contributed by atoms with Gasteiger partial charge in [-0.15, -0.1) is 0 Å². The third-order valence-electron chi connectivity index (χ3n) is 2.01. The molecule has 0 N–H and O–H groups in total. The third-order valence-corrected chi connectivity index (χ3v) is 2.01. The van der Waals surface area contributed by atoms with Gasteiger partial charge in [0.05, 0.1) is 0 Å². The molecule has 2 aromatic carbocycles. The second kappa shape index (κ2) is 2.90. The standard InChI is InChI=1S/C12H11/c1-10-5-4-8-12(9-10)11-6-2-3-7-11/h2-9H,1H3/q-1. The Morgan fingerprint density at radius 3 is 2.67 bits per heavy atom. The lowest BCUT2D eigenvalue weighted by atomic mass is 10.1. The van der Waals surface area contributed by atoms with Crippen molar-refractivity contribution in [3.63, 3.8) is 0 Å². The molecule has 0 unspecified atom stereocenters. The SMILES string of the molecule is Cc1cccc(-c2cc[cH-]c2)c1. The largest absolute Gasteiger partial charge is 0.206 e. The summed E-state index contributed by atoms with van der Waals surface area (Å²) in [5.41, 5.74) is 3.92. The molecule has 0 heterocycles. The highest BCUT2D eigenvalue weighted by molar-refractivity contribution is 5.64. The van der Waals surface area contributed by atoms with Gasteiger partial charge in [-0.2, -0.15) is 23.8 Å². The van der Waals surface area contributed by atoms with Crippen molar-refractivity contribution in [1.82, 2.24) is 0 Å². The Morgan fingerprint density at radius 2 is 2.00 bits per heavy atom. The van der Waals surface area contributed by atoms with Crippen molar-refractivity contribution in [1.29, 1.82) is 0 Å². The van der Waals surface area contributed by atoms with E-state index in [0.29, 0.717) is 0 Å². The minimum atomic E-state index is 1.30. The first-order valence-electron chi connectivity index (χ1n) is 4.15. The van der Waals surface area contributed by atoms with E-state index in [1.807, 2.05) is 0 Å². The van der Waals surface area contributed by atoms with Crippen LogP contribution in [0.4, 0.5) is 0 Å². The lowest BCUT2D eigenvalue weighted by Gasteiger charge is -2.04. The maximum Gasteiger partial charge on any atom is -0.0398 e. The number of hydrogen-bond acceptors (Lipinski definition) is 0. The molecule has 2 rings (SSSR count). The number of aryl methyl sites for hydroxylation is 1. The zero-order chi connectivity index (χ0) is 8.39. The van der Waals surface area contributed by atoms with Gasteiger partial charge in [0.25, 0.3) is 0 Å². The van der Waals surface area contributed by atoms with Gasteiger partial charge in [0.1, 0.15) is 0 Å². The predicted octanol–water partition coefficient (Wildman–Crippen LogP) is 3.38. The van der Waals surface area contributed by atoms with Crippen molar-refractivity contribution in [2.75, 3.05) is 0 Å². The normalized spacial score (nSPS) is 10.1. The molecule has 0 bridgehead atoms. The smallest absolute Gasteiger partial charge is 0.0398 e. The van der Waals surface area contributed by atoms with Crippen LogP contribution >= 0.6 is 0 Å². The molecule has 2 aromatic rings. The van der Waals surface area contributed by atoms with Crippen LogP contribution in [-0.4, -0.2) is 0 Å². The fraction of sp³-hybridized carbons (Fsp3) is 0.0833. The van der Waals surface area contributed by atoms with Crippen molar-refractivity contribution in [2.24, 2.45) is 0 Å². The van der Waals surface area contributed by atoms with Crippen molar-refractivity contribution in [2.45, 2.75) is 6.92 Å². The van der Waals surface area contributed by atoms with Gasteiger partial charge in [-0.25, -0.2) is 6.07 Å². The molecule has 0 aliphatic heterocycles. The highest BCUT2D eigenvalue weighted by atomic mass is 14.0. The minimum absolute atomic E-state index is 1.30. The number of hydrogen-bond donors (Lipinski definition) is 0. The Labute approximate surface area is 72.8 Å². The molecule has 0 saturated carbocycles. The maximum absolute atomic E-state index is 2.20. The summed E-state index contributed by atoms with van der Waals surface area (Å²) in [6.07, 6.45) is 0. The molecular formula is C12H11-. The zero-order valence-corrected chi connectivity index (χ0v) is 7.12. The molecule has 0 aliphatic rings. The van der Waals surface area contributed by atoms with E-state index in [-0.39, 0.29) is 0 Å². The van der Waals surface area contributed by atoms with Crippen LogP contribution in [-0.2, 0) is 0 Å². The molecule has 0 nitrogen and oxygen atoms in total. The molecule has 0 heteroatoms. The Bertz CT molecular complexity index is 355. The van der Waals surface area contributed by atoms with E-state index in [2.05, 4.69) is 55.5 Å². The fourth-order valence-corrected chi connectivity index (χ4v) is 1.39. The van der Waals surface area contributed by atoms with E-state index >= 15 is 0 Å². The lowest BCUT2D eigenvalue weighted by molar-refractivity contribution is 1.47. The van der Waals surface area contributed by atoms with Crippen molar-refractivity contribution >= 4 is 0 Å². The molecule has 12 heavy (non-hydrogen) atoms. The van der Waals surface area contributed by atoms with E-state index in [0.717, 1.165) is 0 Å². The number of rotatable bonds is 1. The van der Waals surface area contributed by atoms with Crippen molar-refractivity contribution in [3.05, 3.63) is 54.1 Å². The summed E-state index contributed by atoms with van der Waals surface area (Å²) in [5.74, 6) is 0. The van der Waals surface area contributed by atoms with Crippen molar-refractivity contribution < 1.29 is 0 Å². The van der Waals surface area contributed by atoms with Gasteiger partial charge >= 0.3 is 0 Å². The Kier molecular flexibility index (Phi) is 1.75. The minimum Gasteiger partial charge on any atom is -0.206 e. The highest BCUT2D eigenvalue weighted by Crippen LogP contribution is 2.19. The molecule has 0 aromatic heterocycles. The molecule has 0 amide bonds. The monoisotopic (exact) mass is 155 g/mol. The molecular weight excluding hydrogens is 144 g/mol. The summed E-state index contributed by atoms with van der Waals surface area (Å²) >= 11 is 0. The highest BCUT2D eigenvalue weighted by Gasteiger charge is 1.88. The van der Waals surface area contributed by atoms with Gasteiger partial charge in [-0.05, 0) is 6.92 Å². The fourth-order valence-electron chi connectivity index (χ4n) is 1.39. The molecule has 0 atom stereocenters. The molecule has 0 aliphatic carbocycles. The first kappa shape index (κ1) is 7.23. The van der Waals surface area contributed by atoms with Gasteiger partial charge in [-0.1, -0.05) is 35.4 Å². The number of benzene rings is 1. The van der Waals surface area contributed by atoms with Crippen LogP contribution in [0.5, 0.6) is 0 Å². The zero-order valence-electron chi connectivity index (χ0n) is 7.12. The average molecular weight is 155 g/mol. The molecule has 60 valence electrons. The molecule has 0 radical (unpaired) electrons. The summed E-state index contributed by atoms with van der Waals surface area (Å²) in [5, 5.41) is 0. The summed E-state index contributed by atoms with van der Waals surface area (Å²) in [6.45, 7) is 2.12. The second-order valence-corrected chi connectivity index (χ2v) is 3.04. The van der Waals surface area contributed by atoms with Gasteiger partial charge in [0, 0.05) is 0 Å². The van der Waals surface area contributed by atoms with Gasteiger partial charge in [-0.3, -0.25) is 0 Å². The topological polar surface area (TPSA) is 0 Å². The van der Waals surface area contributed by atoms with Crippen molar-refractivity contribution in [3.8, 4) is 11.1 Å². The van der Waals surface area contributed by atoms with E-state index < -0.39 is 0 Å². The predicted molar refractivity (Wildman–Crippen MR) is 52.2 cm³/mol. The van der Waals surface area contributed by atoms with Crippen LogP contribution in [0.2, 0.25) is 0 Å². The van der Waals surface area contributed by atoms with Crippen LogP contribution < -0.4 is 0 Å². The Hall–Kier alpha value is -1.43. The Morgan fingerprint density at radius 1 is 1.08 bits per heavy atom. The van der Waals surface area contributed by atoms with Gasteiger partial charge in [0.2, 0.25) is 0 Å². The van der Waals surface area contributed by atoms with Crippen LogP contribution in [0.25, 0.3) is 11.1 Å². The molecule has 0 spiro atoms. The third kappa shape index (κ3) is 1.28. The molecule has 0 saturated heterocycles. The van der Waals surface area contributed by atoms with Crippen LogP contribution in [0.15, 0.2) is 48.5 Å². The van der Waals surface area contributed by atoms with E-state index in [1.165, 1.54) is 16.7 Å². The average Bonchev–Trinajstić information content (AvgIpc) is 2.56. The van der Waals surface area contributed by atoms with E-state index in [4.69, 9.17) is 0 Å². The maximum atomic E-state index is 2.20. The van der Waals surface area contributed by atoms with Gasteiger partial charge < -0.3 is 0 Å². The van der Waals surface area contributed by atoms with E-state index in [9.17, 15) is 0 Å². The van der Waals surface area contributed by atoms with Crippen LogP contribution in [0.3, 0.4) is 0 Å². The van der Waals surface area contributed by atoms with E-state index in [1.54, 1.807) is 0 Å². The molecule has 0 fully saturated rings. The first-order chi connectivity index (χ1) is 5.86. The lowest BCUT2D eigenvalue weighted by Crippen LogP contribution is -1.74. The quantitative estimate of drug-likeness (QED) is 0.554. The first-order valence-corrected chi connectivity index (χ1v) is 4.15. The van der Waals surface area contributed by atoms with Crippen LogP contribution in [0, 0.1) is 6.92 Å².